The van der Waals surface area contributed by atoms with E-state index in [1.807, 2.05) is 6.07 Å². The van der Waals surface area contributed by atoms with Crippen LogP contribution in [-0.4, -0.2) is 0 Å². The molecule has 1 aromatic heterocycles. The van der Waals surface area contributed by atoms with Gasteiger partial charge in [-0.2, -0.15) is 0 Å². The Bertz CT molecular complexity index is 506. The van der Waals surface area contributed by atoms with Crippen molar-refractivity contribution < 1.29 is 4.39 Å². The molecule has 0 saturated carbocycles. The van der Waals surface area contributed by atoms with E-state index in [-0.39, 0.29) is 11.9 Å². The summed E-state index contributed by atoms with van der Waals surface area (Å²) < 4.78 is 14.1. The monoisotopic (exact) mass is 251 g/mol. The lowest BCUT2D eigenvalue weighted by molar-refractivity contribution is 0.465. The van der Waals surface area contributed by atoms with Gasteiger partial charge in [-0.05, 0) is 35.9 Å². The Morgan fingerprint density at radius 3 is 2.82 bits per heavy atom. The number of rotatable bonds is 4. The third-order valence-electron chi connectivity index (χ3n) is 3.22. The van der Waals surface area contributed by atoms with Crippen molar-refractivity contribution in [1.82, 2.24) is 0 Å². The number of fused-ring (bicyclic) bond motifs is 1. The molecule has 0 amide bonds. The van der Waals surface area contributed by atoms with E-state index in [0.29, 0.717) is 5.92 Å². The van der Waals surface area contributed by atoms with Crippen LogP contribution in [0.3, 0.4) is 0 Å². The first kappa shape index (κ1) is 12.5. The standard InChI is InChI=1S/C14H18FNS/c1-3-9(2)6-12(16)14-7-10-4-5-11(15)8-13(10)17-14/h4-5,7-9,12H,3,6,16H2,1-2H3. The van der Waals surface area contributed by atoms with Crippen molar-refractivity contribution in [3.8, 4) is 0 Å². The maximum absolute atomic E-state index is 13.1. The molecule has 0 saturated heterocycles. The van der Waals surface area contributed by atoms with Gasteiger partial charge in [0.05, 0.1) is 0 Å². The molecular formula is C14H18FNS. The fraction of sp³-hybridized carbons (Fsp3) is 0.429. The Kier molecular flexibility index (Phi) is 3.79. The summed E-state index contributed by atoms with van der Waals surface area (Å²) in [5, 5.41) is 1.09. The molecule has 0 spiro atoms. The zero-order chi connectivity index (χ0) is 12.4. The molecule has 92 valence electrons. The molecule has 0 aliphatic heterocycles. The minimum atomic E-state index is -0.179. The van der Waals surface area contributed by atoms with Crippen LogP contribution in [0.2, 0.25) is 0 Å². The van der Waals surface area contributed by atoms with E-state index in [9.17, 15) is 4.39 Å². The highest BCUT2D eigenvalue weighted by molar-refractivity contribution is 7.19. The van der Waals surface area contributed by atoms with Gasteiger partial charge in [0.1, 0.15) is 5.82 Å². The van der Waals surface area contributed by atoms with E-state index >= 15 is 0 Å². The van der Waals surface area contributed by atoms with E-state index in [4.69, 9.17) is 5.73 Å². The van der Waals surface area contributed by atoms with Crippen LogP contribution in [0, 0.1) is 11.7 Å². The lowest BCUT2D eigenvalue weighted by Gasteiger charge is -2.13. The Labute approximate surface area is 105 Å². The molecule has 2 rings (SSSR count). The van der Waals surface area contributed by atoms with Crippen LogP contribution in [0.5, 0.6) is 0 Å². The largest absolute Gasteiger partial charge is 0.323 e. The Morgan fingerprint density at radius 1 is 1.35 bits per heavy atom. The van der Waals surface area contributed by atoms with Gasteiger partial charge in [-0.1, -0.05) is 26.3 Å². The number of hydrogen-bond donors (Lipinski definition) is 1. The topological polar surface area (TPSA) is 26.0 Å². The van der Waals surface area contributed by atoms with Crippen LogP contribution >= 0.6 is 11.3 Å². The van der Waals surface area contributed by atoms with Crippen molar-refractivity contribution in [2.45, 2.75) is 32.7 Å². The first-order valence-electron chi connectivity index (χ1n) is 6.04. The van der Waals surface area contributed by atoms with Crippen LogP contribution in [0.15, 0.2) is 24.3 Å². The summed E-state index contributed by atoms with van der Waals surface area (Å²) in [7, 11) is 0. The molecule has 17 heavy (non-hydrogen) atoms. The van der Waals surface area contributed by atoms with Crippen molar-refractivity contribution in [1.29, 1.82) is 0 Å². The molecule has 2 atom stereocenters. The third kappa shape index (κ3) is 2.85. The van der Waals surface area contributed by atoms with E-state index in [1.54, 1.807) is 17.4 Å². The van der Waals surface area contributed by atoms with E-state index < -0.39 is 0 Å². The molecule has 1 heterocycles. The van der Waals surface area contributed by atoms with Crippen molar-refractivity contribution >= 4 is 21.4 Å². The molecule has 3 heteroatoms. The van der Waals surface area contributed by atoms with Gasteiger partial charge in [0.25, 0.3) is 0 Å². The molecule has 2 unspecified atom stereocenters. The summed E-state index contributed by atoms with van der Waals surface area (Å²) in [5.74, 6) is 0.452. The lowest BCUT2D eigenvalue weighted by Crippen LogP contribution is -2.12. The average molecular weight is 251 g/mol. The second kappa shape index (κ2) is 5.15. The van der Waals surface area contributed by atoms with Crippen LogP contribution in [0.1, 0.15) is 37.6 Å². The number of thiophene rings is 1. The van der Waals surface area contributed by atoms with E-state index in [2.05, 4.69) is 19.9 Å². The second-order valence-electron chi connectivity index (χ2n) is 4.69. The number of halogens is 1. The smallest absolute Gasteiger partial charge is 0.124 e. The molecule has 1 aromatic carbocycles. The Balaban J connectivity index is 2.24. The summed E-state index contributed by atoms with van der Waals surface area (Å²) in [6, 6.07) is 7.07. The fourth-order valence-corrected chi connectivity index (χ4v) is 3.03. The number of nitrogens with two attached hydrogens (primary N) is 1. The van der Waals surface area contributed by atoms with Crippen molar-refractivity contribution in [2.75, 3.05) is 0 Å². The Hall–Kier alpha value is -0.930. The summed E-state index contributed by atoms with van der Waals surface area (Å²) in [4.78, 5) is 1.16. The van der Waals surface area contributed by atoms with Gasteiger partial charge in [0.2, 0.25) is 0 Å². The van der Waals surface area contributed by atoms with Gasteiger partial charge < -0.3 is 5.73 Å². The first-order valence-corrected chi connectivity index (χ1v) is 6.86. The Morgan fingerprint density at radius 2 is 2.12 bits per heavy atom. The maximum Gasteiger partial charge on any atom is 0.124 e. The van der Waals surface area contributed by atoms with Gasteiger partial charge in [-0.15, -0.1) is 11.3 Å². The SMILES string of the molecule is CCC(C)CC(N)c1cc2ccc(F)cc2s1. The number of hydrogen-bond acceptors (Lipinski definition) is 2. The van der Waals surface area contributed by atoms with E-state index in [0.717, 1.165) is 27.8 Å². The first-order chi connectivity index (χ1) is 8.10. The zero-order valence-corrected chi connectivity index (χ0v) is 11.1. The predicted molar refractivity (Wildman–Crippen MR) is 72.8 cm³/mol. The summed E-state index contributed by atoms with van der Waals surface area (Å²) in [6.45, 7) is 4.39. The quantitative estimate of drug-likeness (QED) is 0.852. The molecule has 2 aromatic rings. The molecule has 0 fully saturated rings. The highest BCUT2D eigenvalue weighted by atomic mass is 32.1. The highest BCUT2D eigenvalue weighted by Gasteiger charge is 2.13. The van der Waals surface area contributed by atoms with Gasteiger partial charge in [0, 0.05) is 15.6 Å². The van der Waals surface area contributed by atoms with Crippen molar-refractivity contribution in [3.05, 3.63) is 35.0 Å². The molecular weight excluding hydrogens is 233 g/mol. The van der Waals surface area contributed by atoms with E-state index in [1.165, 1.54) is 6.07 Å². The van der Waals surface area contributed by atoms with Crippen LogP contribution in [-0.2, 0) is 0 Å². The second-order valence-corrected chi connectivity index (χ2v) is 5.80. The van der Waals surface area contributed by atoms with Crippen molar-refractivity contribution in [3.63, 3.8) is 0 Å². The van der Waals surface area contributed by atoms with Crippen molar-refractivity contribution in [2.24, 2.45) is 11.7 Å². The molecule has 2 N–H and O–H groups in total. The van der Waals surface area contributed by atoms with Crippen LogP contribution in [0.25, 0.3) is 10.1 Å². The minimum Gasteiger partial charge on any atom is -0.323 e. The normalized spacial score (nSPS) is 15.1. The molecule has 0 bridgehead atoms. The number of benzene rings is 1. The third-order valence-corrected chi connectivity index (χ3v) is 4.45. The van der Waals surface area contributed by atoms with Crippen LogP contribution in [0.4, 0.5) is 4.39 Å². The van der Waals surface area contributed by atoms with Gasteiger partial charge in [0.15, 0.2) is 0 Å². The predicted octanol–water partition coefficient (Wildman–Crippen LogP) is 4.48. The summed E-state index contributed by atoms with van der Waals surface area (Å²) in [5.41, 5.74) is 6.19. The zero-order valence-electron chi connectivity index (χ0n) is 10.2. The summed E-state index contributed by atoms with van der Waals surface area (Å²) in [6.07, 6.45) is 2.14. The minimum absolute atomic E-state index is 0.0745. The average Bonchev–Trinajstić information content (AvgIpc) is 2.71. The maximum atomic E-state index is 13.1. The van der Waals surface area contributed by atoms with Gasteiger partial charge in [-0.25, -0.2) is 4.39 Å². The molecule has 0 radical (unpaired) electrons. The van der Waals surface area contributed by atoms with Gasteiger partial charge >= 0.3 is 0 Å². The molecule has 0 aliphatic rings. The highest BCUT2D eigenvalue weighted by Crippen LogP contribution is 2.32. The molecule has 0 aliphatic carbocycles. The fourth-order valence-electron chi connectivity index (χ4n) is 1.92. The molecule has 1 nitrogen and oxygen atoms in total. The van der Waals surface area contributed by atoms with Gasteiger partial charge in [-0.3, -0.25) is 0 Å². The lowest BCUT2D eigenvalue weighted by atomic mass is 9.99. The summed E-state index contributed by atoms with van der Waals surface area (Å²) >= 11 is 1.61. The van der Waals surface area contributed by atoms with Crippen LogP contribution < -0.4 is 5.73 Å².